The average Bonchev–Trinajstić information content (AvgIpc) is 2.68. The molecule has 1 heterocycles. The van der Waals surface area contributed by atoms with E-state index in [0.29, 0.717) is 5.82 Å². The largest absolute Gasteiger partial charge is 0.508 e. The van der Waals surface area contributed by atoms with Crippen LogP contribution in [-0.2, 0) is 16.0 Å². The van der Waals surface area contributed by atoms with E-state index in [4.69, 9.17) is 16.3 Å². The second-order valence-corrected chi connectivity index (χ2v) is 3.59. The zero-order valence-electron chi connectivity index (χ0n) is 9.67. The molecular weight excluding hydrogens is 266 g/mol. The molecule has 0 unspecified atom stereocenters. The highest BCUT2D eigenvalue weighted by molar-refractivity contribution is 6.18. The molecule has 1 rings (SSSR count). The Kier molecular flexibility index (Phi) is 5.37. The molecule has 0 N–H and O–H groups in total. The summed E-state index contributed by atoms with van der Waals surface area (Å²) in [7, 11) is 0. The Hall–Kier alpha value is -1.83. The summed E-state index contributed by atoms with van der Waals surface area (Å²) in [6, 6.07) is 0. The molecule has 0 aliphatic rings. The first-order valence-corrected chi connectivity index (χ1v) is 5.61. The summed E-state index contributed by atoms with van der Waals surface area (Å²) in [5.41, 5.74) is 0. The second-order valence-electron chi connectivity index (χ2n) is 3.21. The lowest BCUT2D eigenvalue weighted by molar-refractivity contribution is -0.392. The normalized spacial score (nSPS) is 10.1. The fourth-order valence-corrected chi connectivity index (χ4v) is 1.34. The van der Waals surface area contributed by atoms with Crippen LogP contribution in [0.4, 0.5) is 10.6 Å². The second kappa shape index (κ2) is 6.80. The Bertz CT molecular complexity index is 434. The van der Waals surface area contributed by atoms with Gasteiger partial charge < -0.3 is 19.6 Å². The number of aromatic nitrogens is 2. The first kappa shape index (κ1) is 14.2. The molecule has 0 atom stereocenters. The highest BCUT2D eigenvalue weighted by Gasteiger charge is 2.17. The summed E-state index contributed by atoms with van der Waals surface area (Å²) in [5, 5.41) is 10.7. The molecule has 0 aliphatic carbocycles. The lowest BCUT2D eigenvalue weighted by atomic mass is 10.6. The van der Waals surface area contributed by atoms with Crippen molar-refractivity contribution in [2.24, 2.45) is 0 Å². The number of ether oxygens (including phenoxy) is 2. The zero-order chi connectivity index (χ0) is 13.5. The van der Waals surface area contributed by atoms with Crippen LogP contribution in [0.25, 0.3) is 0 Å². The van der Waals surface area contributed by atoms with Gasteiger partial charge in [-0.2, -0.15) is 0 Å². The van der Waals surface area contributed by atoms with Gasteiger partial charge in [-0.15, -0.1) is 11.6 Å². The zero-order valence-corrected chi connectivity index (χ0v) is 10.4. The average molecular weight is 278 g/mol. The van der Waals surface area contributed by atoms with E-state index in [2.05, 4.69) is 9.72 Å². The van der Waals surface area contributed by atoms with E-state index >= 15 is 0 Å². The first-order chi connectivity index (χ1) is 8.56. The fraction of sp³-hybridized carbons (Fsp3) is 0.556. The third-order valence-electron chi connectivity index (χ3n) is 2.05. The molecule has 100 valence electrons. The van der Waals surface area contributed by atoms with Crippen molar-refractivity contribution in [2.45, 2.75) is 13.5 Å². The van der Waals surface area contributed by atoms with Gasteiger partial charge in [-0.05, 0) is 4.92 Å². The maximum absolute atomic E-state index is 11.0. The van der Waals surface area contributed by atoms with Crippen molar-refractivity contribution in [3.05, 3.63) is 22.1 Å². The Morgan fingerprint density at radius 3 is 2.83 bits per heavy atom. The molecule has 8 nitrogen and oxygen atoms in total. The number of nitro groups is 1. The molecule has 18 heavy (non-hydrogen) atoms. The molecule has 0 fully saturated rings. The van der Waals surface area contributed by atoms with E-state index < -0.39 is 11.1 Å². The maximum Gasteiger partial charge on any atom is 0.508 e. The summed E-state index contributed by atoms with van der Waals surface area (Å²) in [4.78, 5) is 24.9. The third-order valence-corrected chi connectivity index (χ3v) is 2.21. The lowest BCUT2D eigenvalue weighted by Crippen LogP contribution is -2.15. The van der Waals surface area contributed by atoms with E-state index in [9.17, 15) is 14.9 Å². The van der Waals surface area contributed by atoms with Crippen LogP contribution in [-0.4, -0.2) is 39.7 Å². The van der Waals surface area contributed by atoms with Gasteiger partial charge in [0.15, 0.2) is 5.82 Å². The minimum atomic E-state index is -0.851. The van der Waals surface area contributed by atoms with Gasteiger partial charge in [-0.3, -0.25) is 0 Å². The summed E-state index contributed by atoms with van der Waals surface area (Å²) in [6.45, 7) is 1.78. The van der Waals surface area contributed by atoms with Crippen LogP contribution in [0.2, 0.25) is 0 Å². The number of carbonyl (C=O) groups is 1. The summed E-state index contributed by atoms with van der Waals surface area (Å²) in [5.74, 6) is 0.505. The molecule has 0 amide bonds. The number of aryl methyl sites for hydroxylation is 1. The number of hydrogen-bond donors (Lipinski definition) is 0. The smallest absolute Gasteiger partial charge is 0.433 e. The molecule has 0 saturated heterocycles. The molecular formula is C9H12ClN3O5. The van der Waals surface area contributed by atoms with Gasteiger partial charge in [0.05, 0.1) is 5.88 Å². The van der Waals surface area contributed by atoms with Crippen molar-refractivity contribution in [1.82, 2.24) is 9.55 Å². The SMILES string of the molecule is Cc1ncc([N+](=O)[O-])n1CCOC(=O)OCCCl. The van der Waals surface area contributed by atoms with Crippen molar-refractivity contribution in [1.29, 1.82) is 0 Å². The molecule has 0 radical (unpaired) electrons. The van der Waals surface area contributed by atoms with Gasteiger partial charge in [-0.25, -0.2) is 14.3 Å². The maximum atomic E-state index is 11.0. The Morgan fingerprint density at radius 1 is 1.56 bits per heavy atom. The third kappa shape index (κ3) is 3.88. The summed E-state index contributed by atoms with van der Waals surface area (Å²) >= 11 is 5.32. The van der Waals surface area contributed by atoms with Gasteiger partial charge in [-0.1, -0.05) is 0 Å². The van der Waals surface area contributed by atoms with Gasteiger partial charge in [0.25, 0.3) is 0 Å². The van der Waals surface area contributed by atoms with Crippen LogP contribution >= 0.6 is 11.6 Å². The van der Waals surface area contributed by atoms with Crippen molar-refractivity contribution in [3.63, 3.8) is 0 Å². The summed E-state index contributed by atoms with van der Waals surface area (Å²) in [6.07, 6.45) is 0.303. The van der Waals surface area contributed by atoms with Crippen LogP contribution in [0.3, 0.4) is 0 Å². The predicted octanol–water partition coefficient (Wildman–Crippen LogP) is 1.49. The number of carbonyl (C=O) groups excluding carboxylic acids is 1. The highest BCUT2D eigenvalue weighted by Crippen LogP contribution is 2.12. The number of nitrogens with zero attached hydrogens (tertiary/aromatic N) is 3. The van der Waals surface area contributed by atoms with Crippen molar-refractivity contribution >= 4 is 23.6 Å². The fourth-order valence-electron chi connectivity index (χ4n) is 1.26. The quantitative estimate of drug-likeness (QED) is 0.338. The summed E-state index contributed by atoms with van der Waals surface area (Å²) < 4.78 is 10.6. The van der Waals surface area contributed by atoms with Crippen LogP contribution in [0.1, 0.15) is 5.82 Å². The van der Waals surface area contributed by atoms with Crippen molar-refractivity contribution in [3.8, 4) is 0 Å². The van der Waals surface area contributed by atoms with E-state index in [0.717, 1.165) is 6.20 Å². The molecule has 1 aromatic heterocycles. The number of imidazole rings is 1. The number of hydrogen-bond acceptors (Lipinski definition) is 6. The molecule has 0 bridgehead atoms. The molecule has 0 saturated carbocycles. The van der Waals surface area contributed by atoms with Crippen LogP contribution < -0.4 is 0 Å². The van der Waals surface area contributed by atoms with Crippen LogP contribution in [0.5, 0.6) is 0 Å². The number of halogens is 1. The van der Waals surface area contributed by atoms with E-state index in [1.807, 2.05) is 0 Å². The molecule has 1 aromatic rings. The van der Waals surface area contributed by atoms with Crippen LogP contribution in [0.15, 0.2) is 6.20 Å². The predicted molar refractivity (Wildman–Crippen MR) is 61.6 cm³/mol. The standard InChI is InChI=1S/C9H12ClN3O5/c1-7-11-6-8(13(15)16)12(7)3-5-18-9(14)17-4-2-10/h6H,2-5H2,1H3. The monoisotopic (exact) mass is 277 g/mol. The topological polar surface area (TPSA) is 96.5 Å². The highest BCUT2D eigenvalue weighted by atomic mass is 35.5. The van der Waals surface area contributed by atoms with E-state index in [1.165, 1.54) is 4.57 Å². The van der Waals surface area contributed by atoms with E-state index in [1.54, 1.807) is 6.92 Å². The Labute approximate surface area is 108 Å². The number of rotatable bonds is 6. The van der Waals surface area contributed by atoms with Gasteiger partial charge >= 0.3 is 12.0 Å². The molecule has 0 aliphatic heterocycles. The van der Waals surface area contributed by atoms with Gasteiger partial charge in [0.2, 0.25) is 0 Å². The lowest BCUT2D eigenvalue weighted by Gasteiger charge is -2.05. The Balaban J connectivity index is 2.46. The minimum absolute atomic E-state index is 0.0425. The minimum Gasteiger partial charge on any atom is -0.433 e. The van der Waals surface area contributed by atoms with Crippen molar-refractivity contribution in [2.75, 3.05) is 19.1 Å². The van der Waals surface area contributed by atoms with E-state index in [-0.39, 0.29) is 31.5 Å². The molecule has 9 heteroatoms. The number of alkyl halides is 1. The first-order valence-electron chi connectivity index (χ1n) is 5.08. The van der Waals surface area contributed by atoms with Gasteiger partial charge in [0.1, 0.15) is 26.0 Å². The van der Waals surface area contributed by atoms with Crippen LogP contribution in [0, 0.1) is 17.0 Å². The van der Waals surface area contributed by atoms with Crippen molar-refractivity contribution < 1.29 is 19.2 Å². The van der Waals surface area contributed by atoms with Gasteiger partial charge in [0, 0.05) is 6.92 Å². The molecule has 0 aromatic carbocycles. The molecule has 0 spiro atoms. The Morgan fingerprint density at radius 2 is 2.22 bits per heavy atom.